The monoisotopic (exact) mass is 287 g/mol. The number of hydrogen-bond donors (Lipinski definition) is 1. The summed E-state index contributed by atoms with van der Waals surface area (Å²) < 4.78 is 38.5. The van der Waals surface area contributed by atoms with Crippen molar-refractivity contribution < 1.29 is 18.0 Å². The molecule has 1 amide bonds. The fourth-order valence-electron chi connectivity index (χ4n) is 1.91. The van der Waals surface area contributed by atoms with E-state index in [0.29, 0.717) is 11.0 Å². The van der Waals surface area contributed by atoms with Gasteiger partial charge in [0.1, 0.15) is 13.1 Å². The van der Waals surface area contributed by atoms with Crippen LogP contribution in [0.4, 0.5) is 13.2 Å². The minimum absolute atomic E-state index is 0.448. The summed E-state index contributed by atoms with van der Waals surface area (Å²) in [5.41, 5.74) is 0.664. The molecule has 0 saturated heterocycles. The van der Waals surface area contributed by atoms with Gasteiger partial charge in [-0.1, -0.05) is 12.1 Å². The van der Waals surface area contributed by atoms with E-state index in [9.17, 15) is 22.8 Å². The number of aryl methyl sites for hydroxylation is 1. The lowest BCUT2D eigenvalue weighted by Gasteiger charge is -2.08. The molecule has 5 nitrogen and oxygen atoms in total. The molecule has 8 heteroatoms. The number of rotatable bonds is 3. The number of nitrogens with one attached hydrogen (secondary N) is 1. The number of aromatic nitrogens is 2. The van der Waals surface area contributed by atoms with Gasteiger partial charge >= 0.3 is 11.9 Å². The smallest absolute Gasteiger partial charge is 0.345 e. The van der Waals surface area contributed by atoms with Crippen molar-refractivity contribution >= 4 is 16.9 Å². The second kappa shape index (κ2) is 5.03. The standard InChI is InChI=1S/C12H12F3N3O2/c1-17-8-4-2-3-5-9(8)18(11(17)20)6-10(19)16-7-12(13,14)15/h2-5H,6-7H2,1H3,(H,16,19). The topological polar surface area (TPSA) is 56.0 Å². The highest BCUT2D eigenvalue weighted by molar-refractivity contribution is 5.80. The summed E-state index contributed by atoms with van der Waals surface area (Å²) in [6.45, 7) is -1.86. The number of carbonyl (C=O) groups is 1. The first kappa shape index (κ1) is 14.2. The van der Waals surface area contributed by atoms with Crippen molar-refractivity contribution in [3.05, 3.63) is 34.7 Å². The summed E-state index contributed by atoms with van der Waals surface area (Å²) in [7, 11) is 1.54. The highest BCUT2D eigenvalue weighted by Gasteiger charge is 2.27. The number of amides is 1. The SMILES string of the molecule is Cn1c(=O)n(CC(=O)NCC(F)(F)F)c2ccccc21. The molecule has 1 N–H and O–H groups in total. The Kier molecular flexibility index (Phi) is 3.56. The molecule has 2 rings (SSSR count). The van der Waals surface area contributed by atoms with Crippen LogP contribution >= 0.6 is 0 Å². The lowest BCUT2D eigenvalue weighted by molar-refractivity contribution is -0.138. The van der Waals surface area contributed by atoms with Gasteiger partial charge in [-0.05, 0) is 12.1 Å². The molecule has 0 atom stereocenters. The van der Waals surface area contributed by atoms with E-state index in [-0.39, 0.29) is 0 Å². The number of hydrogen-bond acceptors (Lipinski definition) is 2. The average molecular weight is 287 g/mol. The molecule has 20 heavy (non-hydrogen) atoms. The Bertz CT molecular complexity index is 700. The molecule has 0 aliphatic carbocycles. The van der Waals surface area contributed by atoms with Crippen molar-refractivity contribution in [3.63, 3.8) is 0 Å². The van der Waals surface area contributed by atoms with E-state index < -0.39 is 30.9 Å². The molecule has 2 aromatic rings. The Balaban J connectivity index is 2.24. The molecular formula is C12H12F3N3O2. The molecule has 0 saturated carbocycles. The Morgan fingerprint density at radius 1 is 1.25 bits per heavy atom. The highest BCUT2D eigenvalue weighted by Crippen LogP contribution is 2.13. The lowest BCUT2D eigenvalue weighted by atomic mass is 10.3. The summed E-state index contributed by atoms with van der Waals surface area (Å²) in [6, 6.07) is 6.75. The van der Waals surface area contributed by atoms with Crippen LogP contribution in [0.5, 0.6) is 0 Å². The zero-order chi connectivity index (χ0) is 14.9. The van der Waals surface area contributed by atoms with E-state index >= 15 is 0 Å². The third-order valence-corrected chi connectivity index (χ3v) is 2.84. The average Bonchev–Trinajstić information content (AvgIpc) is 2.62. The summed E-state index contributed by atoms with van der Waals surface area (Å²) in [5.74, 6) is -0.860. The van der Waals surface area contributed by atoms with Crippen molar-refractivity contribution in [1.82, 2.24) is 14.5 Å². The number of halogens is 3. The molecule has 1 aromatic carbocycles. The van der Waals surface area contributed by atoms with Crippen LogP contribution in [0.3, 0.4) is 0 Å². The first-order chi connectivity index (χ1) is 9.29. The van der Waals surface area contributed by atoms with Gasteiger partial charge in [0.25, 0.3) is 0 Å². The maximum atomic E-state index is 12.0. The second-order valence-corrected chi connectivity index (χ2v) is 4.31. The zero-order valence-electron chi connectivity index (χ0n) is 10.6. The third-order valence-electron chi connectivity index (χ3n) is 2.84. The van der Waals surface area contributed by atoms with Gasteiger partial charge in [-0.25, -0.2) is 4.79 Å². The first-order valence-corrected chi connectivity index (χ1v) is 5.77. The first-order valence-electron chi connectivity index (χ1n) is 5.77. The predicted molar refractivity (Wildman–Crippen MR) is 66.2 cm³/mol. The Hall–Kier alpha value is -2.25. The number of alkyl halides is 3. The normalized spacial score (nSPS) is 11.8. The molecule has 0 aliphatic rings. The molecule has 108 valence electrons. The number of fused-ring (bicyclic) bond motifs is 1. The third kappa shape index (κ3) is 2.84. The highest BCUT2D eigenvalue weighted by atomic mass is 19.4. The van der Waals surface area contributed by atoms with Gasteiger partial charge in [0.2, 0.25) is 5.91 Å². The summed E-state index contributed by atoms with van der Waals surface area (Å²) in [6.07, 6.45) is -4.47. The van der Waals surface area contributed by atoms with E-state index in [1.54, 1.807) is 29.6 Å². The van der Waals surface area contributed by atoms with Crippen LogP contribution in [0.2, 0.25) is 0 Å². The molecule has 0 unspecified atom stereocenters. The molecule has 0 spiro atoms. The van der Waals surface area contributed by atoms with E-state index in [4.69, 9.17) is 0 Å². The van der Waals surface area contributed by atoms with Crippen molar-refractivity contribution in [2.75, 3.05) is 6.54 Å². The Labute approximate surface area is 111 Å². The van der Waals surface area contributed by atoms with Crippen LogP contribution in [0.1, 0.15) is 0 Å². The van der Waals surface area contributed by atoms with Crippen LogP contribution in [-0.2, 0) is 18.4 Å². The molecule has 0 bridgehead atoms. The quantitative estimate of drug-likeness (QED) is 0.916. The summed E-state index contributed by atoms with van der Waals surface area (Å²) >= 11 is 0. The number of benzene rings is 1. The summed E-state index contributed by atoms with van der Waals surface area (Å²) in [4.78, 5) is 23.4. The second-order valence-electron chi connectivity index (χ2n) is 4.31. The van der Waals surface area contributed by atoms with Gasteiger partial charge < -0.3 is 5.32 Å². The number of para-hydroxylation sites is 2. The number of carbonyl (C=O) groups excluding carboxylic acids is 1. The maximum Gasteiger partial charge on any atom is 0.405 e. The van der Waals surface area contributed by atoms with E-state index in [2.05, 4.69) is 0 Å². The van der Waals surface area contributed by atoms with Crippen LogP contribution < -0.4 is 11.0 Å². The van der Waals surface area contributed by atoms with Crippen LogP contribution in [0, 0.1) is 0 Å². The van der Waals surface area contributed by atoms with Crippen molar-refractivity contribution in [3.8, 4) is 0 Å². The predicted octanol–water partition coefficient (Wildman–Crippen LogP) is 1.02. The van der Waals surface area contributed by atoms with E-state index in [1.807, 2.05) is 0 Å². The minimum Gasteiger partial charge on any atom is -0.345 e. The van der Waals surface area contributed by atoms with Gasteiger partial charge in [-0.15, -0.1) is 0 Å². The van der Waals surface area contributed by atoms with Crippen LogP contribution in [-0.4, -0.2) is 27.8 Å². The van der Waals surface area contributed by atoms with Gasteiger partial charge in [-0.3, -0.25) is 13.9 Å². The summed E-state index contributed by atoms with van der Waals surface area (Å²) in [5, 5.41) is 1.74. The number of imidazole rings is 1. The maximum absolute atomic E-state index is 12.0. The van der Waals surface area contributed by atoms with Gasteiger partial charge in [0.15, 0.2) is 0 Å². The van der Waals surface area contributed by atoms with Gasteiger partial charge in [0.05, 0.1) is 11.0 Å². The molecule has 0 aliphatic heterocycles. The molecule has 1 aromatic heterocycles. The Morgan fingerprint density at radius 3 is 2.45 bits per heavy atom. The minimum atomic E-state index is -4.47. The van der Waals surface area contributed by atoms with Crippen LogP contribution in [0.25, 0.3) is 11.0 Å². The lowest BCUT2D eigenvalue weighted by Crippen LogP contribution is -2.37. The molecule has 0 radical (unpaired) electrons. The van der Waals surface area contributed by atoms with Crippen LogP contribution in [0.15, 0.2) is 29.1 Å². The van der Waals surface area contributed by atoms with E-state index in [0.717, 1.165) is 4.57 Å². The van der Waals surface area contributed by atoms with Crippen molar-refractivity contribution in [1.29, 1.82) is 0 Å². The fourth-order valence-corrected chi connectivity index (χ4v) is 1.91. The fraction of sp³-hybridized carbons (Fsp3) is 0.333. The zero-order valence-corrected chi connectivity index (χ0v) is 10.6. The Morgan fingerprint density at radius 2 is 1.85 bits per heavy atom. The molecule has 1 heterocycles. The molecule has 0 fully saturated rings. The number of nitrogens with zero attached hydrogens (tertiary/aromatic N) is 2. The van der Waals surface area contributed by atoms with Gasteiger partial charge in [-0.2, -0.15) is 13.2 Å². The van der Waals surface area contributed by atoms with Gasteiger partial charge in [0, 0.05) is 7.05 Å². The van der Waals surface area contributed by atoms with Crippen molar-refractivity contribution in [2.24, 2.45) is 7.05 Å². The van der Waals surface area contributed by atoms with E-state index in [1.165, 1.54) is 11.6 Å². The van der Waals surface area contributed by atoms with Crippen molar-refractivity contribution in [2.45, 2.75) is 12.7 Å². The molecular weight excluding hydrogens is 275 g/mol. The largest absolute Gasteiger partial charge is 0.405 e.